The Bertz CT molecular complexity index is 1110. The average Bonchev–Trinajstić information content (AvgIpc) is 3.53. The van der Waals surface area contributed by atoms with Crippen molar-refractivity contribution in [2.24, 2.45) is 0 Å². The highest BCUT2D eigenvalue weighted by atomic mass is 32.1. The van der Waals surface area contributed by atoms with Crippen molar-refractivity contribution < 1.29 is 5.11 Å². The third-order valence-corrected chi connectivity index (χ3v) is 6.89. The molecule has 0 amide bonds. The Kier molecular flexibility index (Phi) is 6.13. The van der Waals surface area contributed by atoms with Gasteiger partial charge in [-0.15, -0.1) is 16.4 Å². The second-order valence-electron chi connectivity index (χ2n) is 7.95. The summed E-state index contributed by atoms with van der Waals surface area (Å²) >= 11 is 1.75. The van der Waals surface area contributed by atoms with Crippen molar-refractivity contribution in [3.05, 3.63) is 88.4 Å². The number of piperazine rings is 1. The van der Waals surface area contributed by atoms with Crippen LogP contribution >= 0.6 is 11.3 Å². The summed E-state index contributed by atoms with van der Waals surface area (Å²) in [5.41, 5.74) is 2.42. The summed E-state index contributed by atoms with van der Waals surface area (Å²) in [6.07, 6.45) is 0.894. The lowest BCUT2D eigenvalue weighted by atomic mass is 10.1. The maximum absolute atomic E-state index is 9.58. The van der Waals surface area contributed by atoms with Gasteiger partial charge in [0.1, 0.15) is 11.8 Å². The third-order valence-electron chi connectivity index (χ3n) is 5.97. The summed E-state index contributed by atoms with van der Waals surface area (Å²) in [6, 6.07) is 22.2. The van der Waals surface area contributed by atoms with Gasteiger partial charge in [0.05, 0.1) is 0 Å². The zero-order chi connectivity index (χ0) is 21.8. The molecular formula is C24H26N6OS. The van der Waals surface area contributed by atoms with Crippen molar-refractivity contribution in [1.82, 2.24) is 25.1 Å². The van der Waals surface area contributed by atoms with E-state index in [1.165, 1.54) is 10.4 Å². The minimum atomic E-state index is 0.0442. The van der Waals surface area contributed by atoms with Crippen molar-refractivity contribution in [2.45, 2.75) is 19.0 Å². The van der Waals surface area contributed by atoms with Crippen LogP contribution < -0.4 is 4.90 Å². The van der Waals surface area contributed by atoms with E-state index in [4.69, 9.17) is 0 Å². The minimum Gasteiger partial charge on any atom is -0.508 e. The second kappa shape index (κ2) is 9.50. The number of thiophene rings is 1. The molecule has 1 aliphatic rings. The van der Waals surface area contributed by atoms with Crippen molar-refractivity contribution in [1.29, 1.82) is 0 Å². The van der Waals surface area contributed by atoms with Gasteiger partial charge in [0.2, 0.25) is 0 Å². The highest BCUT2D eigenvalue weighted by Crippen LogP contribution is 2.32. The molecule has 2 aromatic carbocycles. The molecule has 0 aliphatic carbocycles. The summed E-state index contributed by atoms with van der Waals surface area (Å²) in [5.74, 6) is 1.20. The Morgan fingerprint density at radius 1 is 0.906 bits per heavy atom. The SMILES string of the molecule is Oc1ccc(N2CCN([C@H](c3cccs3)c3nnnn3CCc3ccccc3)CC2)cc1. The molecule has 1 atom stereocenters. The zero-order valence-electron chi connectivity index (χ0n) is 17.8. The lowest BCUT2D eigenvalue weighted by Crippen LogP contribution is -2.48. The van der Waals surface area contributed by atoms with E-state index in [9.17, 15) is 5.11 Å². The monoisotopic (exact) mass is 446 g/mol. The Balaban J connectivity index is 1.34. The zero-order valence-corrected chi connectivity index (χ0v) is 18.6. The summed E-state index contributed by atoms with van der Waals surface area (Å²) < 4.78 is 1.96. The number of hydrogen-bond donors (Lipinski definition) is 1. The Labute approximate surface area is 191 Å². The summed E-state index contributed by atoms with van der Waals surface area (Å²) in [6.45, 7) is 4.40. The van der Waals surface area contributed by atoms with Gasteiger partial charge in [-0.1, -0.05) is 36.4 Å². The van der Waals surface area contributed by atoms with E-state index < -0.39 is 0 Å². The molecule has 1 saturated heterocycles. The Morgan fingerprint density at radius 3 is 2.41 bits per heavy atom. The van der Waals surface area contributed by atoms with Crippen LogP contribution in [0.2, 0.25) is 0 Å². The number of phenols is 1. The van der Waals surface area contributed by atoms with E-state index in [1.54, 1.807) is 23.5 Å². The molecule has 1 N–H and O–H groups in total. The highest BCUT2D eigenvalue weighted by Gasteiger charge is 2.31. The molecule has 0 bridgehead atoms. The van der Waals surface area contributed by atoms with Gasteiger partial charge in [-0.25, -0.2) is 4.68 Å². The van der Waals surface area contributed by atoms with Crippen LogP contribution in [0.5, 0.6) is 5.75 Å². The van der Waals surface area contributed by atoms with E-state index in [-0.39, 0.29) is 6.04 Å². The van der Waals surface area contributed by atoms with Crippen molar-refractivity contribution in [3.63, 3.8) is 0 Å². The normalized spacial score (nSPS) is 15.7. The first-order valence-corrected chi connectivity index (χ1v) is 11.8. The molecule has 0 unspecified atom stereocenters. The molecule has 0 radical (unpaired) electrons. The van der Waals surface area contributed by atoms with Gasteiger partial charge in [-0.2, -0.15) is 0 Å². The number of aryl methyl sites for hydroxylation is 2. The highest BCUT2D eigenvalue weighted by molar-refractivity contribution is 7.10. The molecule has 32 heavy (non-hydrogen) atoms. The topological polar surface area (TPSA) is 70.3 Å². The molecule has 7 nitrogen and oxygen atoms in total. The molecule has 5 rings (SSSR count). The van der Waals surface area contributed by atoms with Crippen molar-refractivity contribution >= 4 is 17.0 Å². The van der Waals surface area contributed by atoms with E-state index in [0.29, 0.717) is 5.75 Å². The molecule has 1 aliphatic heterocycles. The van der Waals surface area contributed by atoms with Crippen LogP contribution in [0.4, 0.5) is 5.69 Å². The van der Waals surface area contributed by atoms with E-state index in [2.05, 4.69) is 67.1 Å². The number of rotatable bonds is 7. The second-order valence-corrected chi connectivity index (χ2v) is 8.93. The predicted octanol–water partition coefficient (Wildman–Crippen LogP) is 3.59. The van der Waals surface area contributed by atoms with Crippen molar-refractivity contribution in [3.8, 4) is 5.75 Å². The fourth-order valence-electron chi connectivity index (χ4n) is 4.27. The van der Waals surface area contributed by atoms with E-state index >= 15 is 0 Å². The van der Waals surface area contributed by atoms with Gasteiger partial charge < -0.3 is 10.0 Å². The molecule has 0 spiro atoms. The van der Waals surface area contributed by atoms with Crippen LogP contribution in [-0.2, 0) is 13.0 Å². The number of aromatic hydroxyl groups is 1. The van der Waals surface area contributed by atoms with E-state index in [0.717, 1.165) is 50.7 Å². The molecule has 8 heteroatoms. The first kappa shape index (κ1) is 20.7. The largest absolute Gasteiger partial charge is 0.508 e. The number of tetrazole rings is 1. The fraction of sp³-hybridized carbons (Fsp3) is 0.292. The quantitative estimate of drug-likeness (QED) is 0.468. The van der Waals surface area contributed by atoms with Gasteiger partial charge in [-0.3, -0.25) is 4.90 Å². The molecule has 164 valence electrons. The molecule has 1 fully saturated rings. The molecule has 4 aromatic rings. The minimum absolute atomic E-state index is 0.0442. The first-order valence-electron chi connectivity index (χ1n) is 10.9. The standard InChI is InChI=1S/C24H26N6OS/c31-21-10-8-20(9-11-21)28-14-16-29(17-15-28)23(22-7-4-18-32-22)24-25-26-27-30(24)13-12-19-5-2-1-3-6-19/h1-11,18,23,31H,12-17H2/t23-/m1/s1. The van der Waals surface area contributed by atoms with Crippen LogP contribution in [0.1, 0.15) is 22.3 Å². The van der Waals surface area contributed by atoms with Crippen LogP contribution in [0.3, 0.4) is 0 Å². The van der Waals surface area contributed by atoms with Crippen LogP contribution in [0.25, 0.3) is 0 Å². The molecule has 3 heterocycles. The van der Waals surface area contributed by atoms with Crippen LogP contribution in [0.15, 0.2) is 72.1 Å². The lowest BCUT2D eigenvalue weighted by molar-refractivity contribution is 0.203. The summed E-state index contributed by atoms with van der Waals surface area (Å²) in [7, 11) is 0. The number of nitrogens with zero attached hydrogens (tertiary/aromatic N) is 6. The van der Waals surface area contributed by atoms with Gasteiger partial charge in [0.25, 0.3) is 0 Å². The molecular weight excluding hydrogens is 420 g/mol. The smallest absolute Gasteiger partial charge is 0.173 e. The average molecular weight is 447 g/mol. The first-order chi connectivity index (χ1) is 15.8. The molecule has 0 saturated carbocycles. The van der Waals surface area contributed by atoms with Crippen LogP contribution in [-0.4, -0.2) is 56.4 Å². The number of aromatic nitrogens is 4. The lowest BCUT2D eigenvalue weighted by Gasteiger charge is -2.39. The van der Waals surface area contributed by atoms with Gasteiger partial charge in [-0.05, 0) is 58.1 Å². The number of hydrogen-bond acceptors (Lipinski definition) is 7. The summed E-state index contributed by atoms with van der Waals surface area (Å²) in [4.78, 5) is 6.10. The van der Waals surface area contributed by atoms with E-state index in [1.807, 2.05) is 22.9 Å². The van der Waals surface area contributed by atoms with Crippen molar-refractivity contribution in [2.75, 3.05) is 31.1 Å². The number of phenolic OH excluding ortho intramolecular Hbond substituents is 1. The maximum atomic E-state index is 9.58. The van der Waals surface area contributed by atoms with Gasteiger partial charge >= 0.3 is 0 Å². The van der Waals surface area contributed by atoms with Crippen LogP contribution in [0, 0.1) is 0 Å². The Morgan fingerprint density at radius 2 is 1.69 bits per heavy atom. The molecule has 2 aromatic heterocycles. The third kappa shape index (κ3) is 4.51. The predicted molar refractivity (Wildman–Crippen MR) is 126 cm³/mol. The fourth-order valence-corrected chi connectivity index (χ4v) is 5.12. The van der Waals surface area contributed by atoms with Gasteiger partial charge in [0, 0.05) is 43.3 Å². The Hall–Kier alpha value is -3.23. The number of benzene rings is 2. The number of anilines is 1. The van der Waals surface area contributed by atoms with Gasteiger partial charge in [0.15, 0.2) is 5.82 Å². The summed E-state index contributed by atoms with van der Waals surface area (Å²) in [5, 5.41) is 24.5. The maximum Gasteiger partial charge on any atom is 0.173 e.